The summed E-state index contributed by atoms with van der Waals surface area (Å²) in [5.74, 6) is 0.175. The van der Waals surface area contributed by atoms with Crippen molar-refractivity contribution in [2.45, 2.75) is 32.2 Å². The van der Waals surface area contributed by atoms with Gasteiger partial charge in [0.15, 0.2) is 11.5 Å². The van der Waals surface area contributed by atoms with Crippen LogP contribution in [-0.2, 0) is 21.4 Å². The third-order valence-corrected chi connectivity index (χ3v) is 9.06. The number of sulfonamides is 1. The lowest BCUT2D eigenvalue weighted by Gasteiger charge is -2.28. The molecule has 0 bridgehead atoms. The summed E-state index contributed by atoms with van der Waals surface area (Å²) in [5.41, 5.74) is 2.21. The first-order chi connectivity index (χ1) is 18.6. The van der Waals surface area contributed by atoms with Crippen molar-refractivity contribution in [2.24, 2.45) is 0 Å². The molecule has 0 spiro atoms. The molecule has 0 unspecified atom stereocenters. The second-order valence-corrected chi connectivity index (χ2v) is 11.7. The van der Waals surface area contributed by atoms with Gasteiger partial charge in [0.1, 0.15) is 6.54 Å². The highest BCUT2D eigenvalue weighted by Crippen LogP contribution is 2.38. The highest BCUT2D eigenvalue weighted by molar-refractivity contribution is 7.92. The monoisotopic (exact) mass is 589 g/mol. The van der Waals surface area contributed by atoms with Gasteiger partial charge in [-0.15, -0.1) is 0 Å². The van der Waals surface area contributed by atoms with E-state index in [2.05, 4.69) is 14.3 Å². The molecule has 206 valence electrons. The minimum atomic E-state index is -4.29. The quantitative estimate of drug-likeness (QED) is 0.263. The van der Waals surface area contributed by atoms with Gasteiger partial charge < -0.3 is 14.4 Å². The third kappa shape index (κ3) is 5.92. The number of carbonyl (C=O) groups excluding carboxylic acids is 1. The zero-order chi connectivity index (χ0) is 28.3. The molecular weight excluding hydrogens is 562 g/mol. The van der Waals surface area contributed by atoms with E-state index in [1.807, 2.05) is 20.8 Å². The summed E-state index contributed by atoms with van der Waals surface area (Å²) in [6.07, 6.45) is 3.21. The lowest BCUT2D eigenvalue weighted by Crippen LogP contribution is -2.43. The van der Waals surface area contributed by atoms with Crippen LogP contribution in [0, 0.1) is 13.8 Å². The molecule has 0 fully saturated rings. The van der Waals surface area contributed by atoms with Gasteiger partial charge in [0, 0.05) is 24.2 Å². The van der Waals surface area contributed by atoms with E-state index in [1.165, 1.54) is 48.9 Å². The number of ether oxygens (including phenoxy) is 2. The number of benzene rings is 2. The zero-order valence-corrected chi connectivity index (χ0v) is 24.5. The Kier molecular flexibility index (Phi) is 8.57. The molecule has 10 nitrogen and oxygen atoms in total. The molecule has 13 heteroatoms. The molecule has 0 aliphatic carbocycles. The van der Waals surface area contributed by atoms with E-state index in [-0.39, 0.29) is 27.9 Å². The normalized spacial score (nSPS) is 11.4. The van der Waals surface area contributed by atoms with Crippen LogP contribution in [0.15, 0.2) is 47.6 Å². The Bertz CT molecular complexity index is 1630. The SMILES string of the molecule is CCN(Cc1cncc(C)n1)C(=O)CN(c1cc2c(C)nsc2cc1Cl)S(=O)(=O)c1ccc(OC)c(OC)c1. The maximum atomic E-state index is 14.1. The van der Waals surface area contributed by atoms with Gasteiger partial charge in [-0.2, -0.15) is 4.37 Å². The van der Waals surface area contributed by atoms with Crippen molar-refractivity contribution < 1.29 is 22.7 Å². The van der Waals surface area contributed by atoms with Gasteiger partial charge in [0.05, 0.1) is 64.3 Å². The van der Waals surface area contributed by atoms with Crippen LogP contribution >= 0.6 is 23.1 Å². The number of aromatic nitrogens is 3. The fourth-order valence-electron chi connectivity index (χ4n) is 4.05. The molecule has 0 aliphatic rings. The van der Waals surface area contributed by atoms with Crippen molar-refractivity contribution >= 4 is 54.8 Å². The predicted octanol–water partition coefficient (Wildman–Crippen LogP) is 4.62. The number of methoxy groups -OCH3 is 2. The number of hydrogen-bond donors (Lipinski definition) is 0. The van der Waals surface area contributed by atoms with Crippen LogP contribution in [0.25, 0.3) is 10.1 Å². The lowest BCUT2D eigenvalue weighted by molar-refractivity contribution is -0.130. The summed E-state index contributed by atoms with van der Waals surface area (Å²) < 4.78 is 45.0. The highest BCUT2D eigenvalue weighted by Gasteiger charge is 2.32. The third-order valence-electron chi connectivity index (χ3n) is 6.10. The molecule has 0 atom stereocenters. The summed E-state index contributed by atoms with van der Waals surface area (Å²) in [4.78, 5) is 23.6. The van der Waals surface area contributed by atoms with Crippen LogP contribution in [0.1, 0.15) is 24.0 Å². The van der Waals surface area contributed by atoms with Crippen LogP contribution in [-0.4, -0.2) is 60.9 Å². The maximum absolute atomic E-state index is 14.1. The molecule has 0 radical (unpaired) electrons. The average molecular weight is 590 g/mol. The van der Waals surface area contributed by atoms with Crippen molar-refractivity contribution in [3.8, 4) is 11.5 Å². The number of anilines is 1. The van der Waals surface area contributed by atoms with E-state index in [0.717, 1.165) is 20.1 Å². The standard InChI is InChI=1S/C26H28ClN5O5S2/c1-6-31(14-18-13-28-12-16(2)29-18)26(33)15-32(22-10-20-17(3)30-38-25(20)11-21(22)27)39(34,35)19-7-8-23(36-4)24(9-19)37-5/h7-13H,6,14-15H2,1-5H3. The molecule has 0 saturated heterocycles. The van der Waals surface area contributed by atoms with Crippen molar-refractivity contribution in [1.29, 1.82) is 0 Å². The van der Waals surface area contributed by atoms with Crippen LogP contribution in [0.4, 0.5) is 5.69 Å². The van der Waals surface area contributed by atoms with Gasteiger partial charge in [-0.25, -0.2) is 8.42 Å². The van der Waals surface area contributed by atoms with Crippen LogP contribution in [0.3, 0.4) is 0 Å². The number of nitrogens with zero attached hydrogens (tertiary/aromatic N) is 5. The molecule has 4 rings (SSSR count). The van der Waals surface area contributed by atoms with Gasteiger partial charge in [-0.05, 0) is 56.6 Å². The van der Waals surface area contributed by atoms with E-state index in [9.17, 15) is 13.2 Å². The first kappa shape index (κ1) is 28.5. The van der Waals surface area contributed by atoms with Gasteiger partial charge >= 0.3 is 0 Å². The lowest BCUT2D eigenvalue weighted by atomic mass is 10.2. The van der Waals surface area contributed by atoms with E-state index in [1.54, 1.807) is 24.5 Å². The van der Waals surface area contributed by atoms with Gasteiger partial charge in [-0.1, -0.05) is 11.6 Å². The topological polar surface area (TPSA) is 115 Å². The molecule has 2 heterocycles. The maximum Gasteiger partial charge on any atom is 0.264 e. The Morgan fingerprint density at radius 3 is 2.49 bits per heavy atom. The molecular formula is C26H28ClN5O5S2. The molecule has 4 aromatic rings. The fraction of sp³-hybridized carbons (Fsp3) is 0.308. The summed E-state index contributed by atoms with van der Waals surface area (Å²) >= 11 is 7.90. The Balaban J connectivity index is 1.80. The van der Waals surface area contributed by atoms with Gasteiger partial charge in [0.2, 0.25) is 5.91 Å². The Morgan fingerprint density at radius 2 is 1.82 bits per heavy atom. The molecule has 2 aromatic heterocycles. The summed E-state index contributed by atoms with van der Waals surface area (Å²) in [7, 11) is -1.42. The van der Waals surface area contributed by atoms with E-state index < -0.39 is 22.5 Å². The number of amides is 1. The molecule has 0 aliphatic heterocycles. The zero-order valence-electron chi connectivity index (χ0n) is 22.1. The average Bonchev–Trinajstić information content (AvgIpc) is 3.28. The van der Waals surface area contributed by atoms with Gasteiger partial charge in [-0.3, -0.25) is 19.1 Å². The number of carbonyl (C=O) groups is 1. The molecule has 0 saturated carbocycles. The second kappa shape index (κ2) is 11.7. The smallest absolute Gasteiger partial charge is 0.264 e. The number of hydrogen-bond acceptors (Lipinski definition) is 9. The number of halogens is 1. The number of likely N-dealkylation sites (N-methyl/N-ethyl adjacent to an activating group) is 1. The first-order valence-electron chi connectivity index (χ1n) is 11.9. The van der Waals surface area contributed by atoms with Gasteiger partial charge in [0.25, 0.3) is 10.0 Å². The number of fused-ring (bicyclic) bond motifs is 1. The van der Waals surface area contributed by atoms with Crippen LogP contribution in [0.5, 0.6) is 11.5 Å². The van der Waals surface area contributed by atoms with Crippen LogP contribution in [0.2, 0.25) is 5.02 Å². The molecule has 39 heavy (non-hydrogen) atoms. The summed E-state index contributed by atoms with van der Waals surface area (Å²) in [5, 5.41) is 0.928. The van der Waals surface area contributed by atoms with E-state index >= 15 is 0 Å². The van der Waals surface area contributed by atoms with Crippen molar-refractivity contribution in [3.63, 3.8) is 0 Å². The fourth-order valence-corrected chi connectivity index (χ4v) is 6.68. The summed E-state index contributed by atoms with van der Waals surface area (Å²) in [6, 6.07) is 7.58. The minimum Gasteiger partial charge on any atom is -0.493 e. The molecule has 0 N–H and O–H groups in total. The highest BCUT2D eigenvalue weighted by atomic mass is 35.5. The van der Waals surface area contributed by atoms with Crippen molar-refractivity contribution in [3.05, 3.63) is 64.8 Å². The molecule has 2 aromatic carbocycles. The van der Waals surface area contributed by atoms with Crippen molar-refractivity contribution in [2.75, 3.05) is 31.6 Å². The van der Waals surface area contributed by atoms with E-state index in [4.69, 9.17) is 21.1 Å². The summed E-state index contributed by atoms with van der Waals surface area (Å²) in [6.45, 7) is 5.47. The minimum absolute atomic E-state index is 0.0862. The Labute approximate surface area is 236 Å². The Morgan fingerprint density at radius 1 is 1.08 bits per heavy atom. The predicted molar refractivity (Wildman–Crippen MR) is 151 cm³/mol. The second-order valence-electron chi connectivity index (χ2n) is 8.66. The van der Waals surface area contributed by atoms with E-state index in [0.29, 0.717) is 23.7 Å². The first-order valence-corrected chi connectivity index (χ1v) is 14.5. The van der Waals surface area contributed by atoms with Crippen LogP contribution < -0.4 is 13.8 Å². The number of rotatable bonds is 10. The number of aryl methyl sites for hydroxylation is 2. The largest absolute Gasteiger partial charge is 0.493 e. The Hall–Kier alpha value is -3.48. The van der Waals surface area contributed by atoms with Crippen molar-refractivity contribution in [1.82, 2.24) is 19.2 Å². The molecule has 1 amide bonds.